The Labute approximate surface area is 61.8 Å². The molecule has 2 nitrogen and oxygen atoms in total. The van der Waals surface area contributed by atoms with E-state index < -0.39 is 0 Å². The second-order valence-electron chi connectivity index (χ2n) is 2.41. The van der Waals surface area contributed by atoms with Crippen molar-refractivity contribution in [3.8, 4) is 0 Å². The third-order valence-corrected chi connectivity index (χ3v) is 1.59. The molecule has 0 heterocycles. The molecular formula is C8H14O2. The molecule has 0 fully saturated rings. The van der Waals surface area contributed by atoms with E-state index in [1.807, 2.05) is 0 Å². The van der Waals surface area contributed by atoms with Crippen LogP contribution in [0.1, 0.15) is 12.8 Å². The lowest BCUT2D eigenvalue weighted by Crippen LogP contribution is -2.10. The van der Waals surface area contributed by atoms with Crippen LogP contribution in [0.3, 0.4) is 0 Å². The monoisotopic (exact) mass is 142 g/mol. The van der Waals surface area contributed by atoms with E-state index in [-0.39, 0.29) is 0 Å². The van der Waals surface area contributed by atoms with Crippen molar-refractivity contribution in [1.82, 2.24) is 0 Å². The average Bonchev–Trinajstić information content (AvgIpc) is 2.41. The summed E-state index contributed by atoms with van der Waals surface area (Å²) >= 11 is 0. The lowest BCUT2D eigenvalue weighted by Gasteiger charge is -2.07. The fraction of sp³-hybridized carbons (Fsp3) is 0.750. The quantitative estimate of drug-likeness (QED) is 0.436. The molecular weight excluding hydrogens is 128 g/mol. The van der Waals surface area contributed by atoms with Crippen LogP contribution in [0, 0.1) is 0 Å². The lowest BCUT2D eigenvalue weighted by molar-refractivity contribution is 0.0398. The Balaban J connectivity index is 1.97. The summed E-state index contributed by atoms with van der Waals surface area (Å²) in [5.74, 6) is 0. The van der Waals surface area contributed by atoms with Crippen molar-refractivity contribution in [3.05, 3.63) is 12.2 Å². The van der Waals surface area contributed by atoms with Gasteiger partial charge in [-0.2, -0.15) is 0 Å². The van der Waals surface area contributed by atoms with Crippen molar-refractivity contribution in [2.75, 3.05) is 20.3 Å². The maximum Gasteiger partial charge on any atom is 0.0759 e. The summed E-state index contributed by atoms with van der Waals surface area (Å²) in [4.78, 5) is 0. The van der Waals surface area contributed by atoms with Crippen molar-refractivity contribution in [1.29, 1.82) is 0 Å². The molecule has 0 bridgehead atoms. The highest BCUT2D eigenvalue weighted by Gasteiger charge is 2.07. The van der Waals surface area contributed by atoms with E-state index in [0.717, 1.165) is 12.8 Å². The summed E-state index contributed by atoms with van der Waals surface area (Å²) in [5.41, 5.74) is 0. The molecule has 0 aromatic heterocycles. The first-order valence-corrected chi connectivity index (χ1v) is 3.70. The number of allylic oxidation sites excluding steroid dienone is 1. The Morgan fingerprint density at radius 2 is 2.40 bits per heavy atom. The average molecular weight is 142 g/mol. The zero-order chi connectivity index (χ0) is 7.23. The van der Waals surface area contributed by atoms with E-state index in [0.29, 0.717) is 19.3 Å². The summed E-state index contributed by atoms with van der Waals surface area (Å²) in [5, 5.41) is 0. The van der Waals surface area contributed by atoms with Gasteiger partial charge in [0.1, 0.15) is 0 Å². The van der Waals surface area contributed by atoms with Gasteiger partial charge in [-0.3, -0.25) is 0 Å². The van der Waals surface area contributed by atoms with E-state index in [2.05, 4.69) is 12.2 Å². The van der Waals surface area contributed by atoms with Crippen LogP contribution in [0.4, 0.5) is 0 Å². The van der Waals surface area contributed by atoms with E-state index in [1.165, 1.54) is 0 Å². The van der Waals surface area contributed by atoms with Crippen LogP contribution >= 0.6 is 0 Å². The third kappa shape index (κ3) is 2.50. The fourth-order valence-electron chi connectivity index (χ4n) is 1.03. The van der Waals surface area contributed by atoms with E-state index in [9.17, 15) is 0 Å². The van der Waals surface area contributed by atoms with Crippen molar-refractivity contribution in [2.45, 2.75) is 18.9 Å². The normalized spacial score (nSPS) is 23.9. The van der Waals surface area contributed by atoms with Crippen molar-refractivity contribution < 1.29 is 9.47 Å². The Morgan fingerprint density at radius 3 is 3.00 bits per heavy atom. The first-order chi connectivity index (χ1) is 4.93. The molecule has 0 N–H and O–H groups in total. The van der Waals surface area contributed by atoms with Gasteiger partial charge < -0.3 is 9.47 Å². The maximum absolute atomic E-state index is 5.43. The maximum atomic E-state index is 5.43. The number of hydrogen-bond acceptors (Lipinski definition) is 2. The Hall–Kier alpha value is -0.340. The summed E-state index contributed by atoms with van der Waals surface area (Å²) < 4.78 is 10.3. The lowest BCUT2D eigenvalue weighted by atomic mass is 10.3. The topological polar surface area (TPSA) is 18.5 Å². The minimum Gasteiger partial charge on any atom is -0.382 e. The van der Waals surface area contributed by atoms with Crippen molar-refractivity contribution in [3.63, 3.8) is 0 Å². The smallest absolute Gasteiger partial charge is 0.0759 e. The van der Waals surface area contributed by atoms with Crippen LogP contribution in [-0.4, -0.2) is 26.4 Å². The second kappa shape index (κ2) is 4.47. The summed E-state index contributed by atoms with van der Waals surface area (Å²) in [7, 11) is 1.69. The van der Waals surface area contributed by atoms with Crippen molar-refractivity contribution in [2.24, 2.45) is 0 Å². The SMILES string of the molecule is COCCOC1C=CCC1. The fourth-order valence-corrected chi connectivity index (χ4v) is 1.03. The molecule has 0 spiro atoms. The van der Waals surface area contributed by atoms with Crippen LogP contribution in [0.15, 0.2) is 12.2 Å². The van der Waals surface area contributed by atoms with Gasteiger partial charge in [0.25, 0.3) is 0 Å². The second-order valence-corrected chi connectivity index (χ2v) is 2.41. The largest absolute Gasteiger partial charge is 0.382 e. The van der Waals surface area contributed by atoms with Crippen LogP contribution in [0.25, 0.3) is 0 Å². The summed E-state index contributed by atoms with van der Waals surface area (Å²) in [6.07, 6.45) is 6.95. The molecule has 1 aliphatic rings. The van der Waals surface area contributed by atoms with Gasteiger partial charge in [0.15, 0.2) is 0 Å². The number of ether oxygens (including phenoxy) is 2. The Bertz CT molecular complexity index is 110. The Kier molecular flexibility index (Phi) is 3.47. The molecule has 2 heteroatoms. The first kappa shape index (κ1) is 7.76. The zero-order valence-corrected chi connectivity index (χ0v) is 6.38. The van der Waals surface area contributed by atoms with Gasteiger partial charge in [-0.15, -0.1) is 0 Å². The molecule has 0 aliphatic heterocycles. The highest BCUT2D eigenvalue weighted by Crippen LogP contribution is 2.12. The van der Waals surface area contributed by atoms with Gasteiger partial charge in [-0.25, -0.2) is 0 Å². The molecule has 1 unspecified atom stereocenters. The van der Waals surface area contributed by atoms with Crippen LogP contribution in [0.2, 0.25) is 0 Å². The van der Waals surface area contributed by atoms with Crippen LogP contribution in [0.5, 0.6) is 0 Å². The predicted octanol–water partition coefficient (Wildman–Crippen LogP) is 1.37. The minimum absolute atomic E-state index is 0.357. The first-order valence-electron chi connectivity index (χ1n) is 3.70. The highest BCUT2D eigenvalue weighted by atomic mass is 16.5. The molecule has 0 radical (unpaired) electrons. The molecule has 0 aromatic carbocycles. The molecule has 1 atom stereocenters. The summed E-state index contributed by atoms with van der Waals surface area (Å²) in [6.45, 7) is 1.41. The van der Waals surface area contributed by atoms with Gasteiger partial charge in [0.05, 0.1) is 19.3 Å². The van der Waals surface area contributed by atoms with Gasteiger partial charge in [0, 0.05) is 7.11 Å². The van der Waals surface area contributed by atoms with Gasteiger partial charge >= 0.3 is 0 Å². The highest BCUT2D eigenvalue weighted by molar-refractivity contribution is 4.97. The van der Waals surface area contributed by atoms with E-state index in [1.54, 1.807) is 7.11 Å². The van der Waals surface area contributed by atoms with Crippen LogP contribution in [-0.2, 0) is 9.47 Å². The molecule has 0 aromatic rings. The number of rotatable bonds is 4. The summed E-state index contributed by atoms with van der Waals surface area (Å²) in [6, 6.07) is 0. The predicted molar refractivity (Wildman–Crippen MR) is 40.0 cm³/mol. The molecule has 1 aliphatic carbocycles. The number of hydrogen-bond donors (Lipinski definition) is 0. The van der Waals surface area contributed by atoms with E-state index >= 15 is 0 Å². The minimum atomic E-state index is 0.357. The standard InChI is InChI=1S/C8H14O2/c1-9-6-7-10-8-4-2-3-5-8/h2,4,8H,3,5-7H2,1H3. The molecule has 10 heavy (non-hydrogen) atoms. The zero-order valence-electron chi connectivity index (χ0n) is 6.38. The molecule has 58 valence electrons. The third-order valence-electron chi connectivity index (χ3n) is 1.59. The molecule has 0 saturated heterocycles. The molecule has 0 amide bonds. The molecule has 0 saturated carbocycles. The number of methoxy groups -OCH3 is 1. The van der Waals surface area contributed by atoms with Crippen molar-refractivity contribution >= 4 is 0 Å². The van der Waals surface area contributed by atoms with Gasteiger partial charge in [-0.05, 0) is 12.8 Å². The Morgan fingerprint density at radius 1 is 1.50 bits per heavy atom. The molecule has 1 rings (SSSR count). The van der Waals surface area contributed by atoms with Gasteiger partial charge in [-0.1, -0.05) is 12.2 Å². The van der Waals surface area contributed by atoms with Gasteiger partial charge in [0.2, 0.25) is 0 Å². The van der Waals surface area contributed by atoms with Crippen LogP contribution < -0.4 is 0 Å². The van der Waals surface area contributed by atoms with E-state index in [4.69, 9.17) is 9.47 Å².